The summed E-state index contributed by atoms with van der Waals surface area (Å²) in [6, 6.07) is 4.32. The summed E-state index contributed by atoms with van der Waals surface area (Å²) in [5.74, 6) is 1.58. The Hall–Kier alpha value is -0.970. The zero-order valence-electron chi connectivity index (χ0n) is 11.8. The third-order valence-electron chi connectivity index (χ3n) is 4.01. The Morgan fingerprint density at radius 3 is 2.65 bits per heavy atom. The number of nitrogens with one attached hydrogen (secondary N) is 1. The Balaban J connectivity index is 1.90. The SMILES string of the molecule is CCC[C@@H](c1cc2c(cc1Cl)OCO2)N1CCNCC1. The highest BCUT2D eigenvalue weighted by Gasteiger charge is 2.26. The minimum atomic E-state index is 0.293. The van der Waals surface area contributed by atoms with Crippen molar-refractivity contribution in [3.63, 3.8) is 0 Å². The molecule has 20 heavy (non-hydrogen) atoms. The fourth-order valence-electron chi connectivity index (χ4n) is 2.99. The fourth-order valence-corrected chi connectivity index (χ4v) is 3.27. The van der Waals surface area contributed by atoms with Gasteiger partial charge in [-0.05, 0) is 18.1 Å². The number of hydrogen-bond donors (Lipinski definition) is 1. The predicted molar refractivity (Wildman–Crippen MR) is 79.7 cm³/mol. The molecule has 0 bridgehead atoms. The lowest BCUT2D eigenvalue weighted by Crippen LogP contribution is -2.45. The third-order valence-corrected chi connectivity index (χ3v) is 4.33. The summed E-state index contributed by atoms with van der Waals surface area (Å²) in [4.78, 5) is 2.52. The normalized spacial score (nSPS) is 20.1. The molecule has 3 rings (SSSR count). The van der Waals surface area contributed by atoms with E-state index in [9.17, 15) is 0 Å². The topological polar surface area (TPSA) is 33.7 Å². The number of rotatable bonds is 4. The van der Waals surface area contributed by atoms with Crippen LogP contribution in [0.5, 0.6) is 11.5 Å². The Morgan fingerprint density at radius 1 is 1.25 bits per heavy atom. The molecule has 1 fully saturated rings. The molecule has 110 valence electrons. The summed E-state index contributed by atoms with van der Waals surface area (Å²) in [5.41, 5.74) is 1.17. The maximum Gasteiger partial charge on any atom is 0.231 e. The average Bonchev–Trinajstić information content (AvgIpc) is 2.92. The lowest BCUT2D eigenvalue weighted by atomic mass is 9.99. The highest BCUT2D eigenvalue weighted by atomic mass is 35.5. The summed E-state index contributed by atoms with van der Waals surface area (Å²) in [5, 5.41) is 4.18. The molecule has 1 saturated heterocycles. The van der Waals surface area contributed by atoms with E-state index >= 15 is 0 Å². The Morgan fingerprint density at radius 2 is 1.95 bits per heavy atom. The van der Waals surface area contributed by atoms with Crippen LogP contribution >= 0.6 is 11.6 Å². The molecule has 1 N–H and O–H groups in total. The second kappa shape index (κ2) is 6.20. The third kappa shape index (κ3) is 2.73. The van der Waals surface area contributed by atoms with Crippen molar-refractivity contribution in [1.82, 2.24) is 10.2 Å². The van der Waals surface area contributed by atoms with Gasteiger partial charge < -0.3 is 14.8 Å². The van der Waals surface area contributed by atoms with Crippen LogP contribution in [0.4, 0.5) is 0 Å². The highest BCUT2D eigenvalue weighted by molar-refractivity contribution is 6.31. The quantitative estimate of drug-likeness (QED) is 0.926. The molecule has 2 aliphatic heterocycles. The average molecular weight is 297 g/mol. The van der Waals surface area contributed by atoms with Crippen molar-refractivity contribution in [2.75, 3.05) is 33.0 Å². The Bertz CT molecular complexity index is 475. The van der Waals surface area contributed by atoms with Crippen molar-refractivity contribution in [3.05, 3.63) is 22.7 Å². The van der Waals surface area contributed by atoms with Crippen LogP contribution in [0.1, 0.15) is 31.4 Å². The van der Waals surface area contributed by atoms with Gasteiger partial charge >= 0.3 is 0 Å². The van der Waals surface area contributed by atoms with Gasteiger partial charge in [-0.15, -0.1) is 0 Å². The van der Waals surface area contributed by atoms with Crippen molar-refractivity contribution >= 4 is 11.6 Å². The molecule has 0 amide bonds. The van der Waals surface area contributed by atoms with Gasteiger partial charge in [0.1, 0.15) is 0 Å². The molecule has 0 aliphatic carbocycles. The van der Waals surface area contributed by atoms with E-state index in [2.05, 4.69) is 23.2 Å². The second-order valence-corrected chi connectivity index (χ2v) is 5.72. The van der Waals surface area contributed by atoms with E-state index in [1.807, 2.05) is 6.07 Å². The molecular formula is C15H21ClN2O2. The highest BCUT2D eigenvalue weighted by Crippen LogP contribution is 2.41. The van der Waals surface area contributed by atoms with Crippen molar-refractivity contribution in [1.29, 1.82) is 0 Å². The Labute approximate surface area is 125 Å². The molecule has 1 atom stereocenters. The predicted octanol–water partition coefficient (Wildman–Crippen LogP) is 2.82. The molecule has 0 spiro atoms. The van der Waals surface area contributed by atoms with E-state index in [-0.39, 0.29) is 0 Å². The van der Waals surface area contributed by atoms with Gasteiger partial charge in [0.25, 0.3) is 0 Å². The van der Waals surface area contributed by atoms with Gasteiger partial charge in [-0.3, -0.25) is 4.90 Å². The number of piperazine rings is 1. The molecule has 0 unspecified atom stereocenters. The molecule has 0 aromatic heterocycles. The number of benzene rings is 1. The zero-order valence-corrected chi connectivity index (χ0v) is 12.6. The molecule has 0 saturated carbocycles. The van der Waals surface area contributed by atoms with Crippen LogP contribution in [0, 0.1) is 0 Å². The van der Waals surface area contributed by atoms with Gasteiger partial charge in [0.15, 0.2) is 11.5 Å². The monoisotopic (exact) mass is 296 g/mol. The summed E-state index contributed by atoms with van der Waals surface area (Å²) in [6.07, 6.45) is 2.25. The van der Waals surface area contributed by atoms with Crippen LogP contribution in [-0.2, 0) is 0 Å². The van der Waals surface area contributed by atoms with Crippen LogP contribution in [0.2, 0.25) is 5.02 Å². The van der Waals surface area contributed by atoms with Crippen molar-refractivity contribution in [2.45, 2.75) is 25.8 Å². The largest absolute Gasteiger partial charge is 0.454 e. The van der Waals surface area contributed by atoms with Crippen LogP contribution in [0.25, 0.3) is 0 Å². The van der Waals surface area contributed by atoms with Gasteiger partial charge in [0, 0.05) is 43.3 Å². The number of fused-ring (bicyclic) bond motifs is 1. The van der Waals surface area contributed by atoms with E-state index in [4.69, 9.17) is 21.1 Å². The van der Waals surface area contributed by atoms with Crippen molar-refractivity contribution in [3.8, 4) is 11.5 Å². The van der Waals surface area contributed by atoms with Gasteiger partial charge in [-0.1, -0.05) is 24.9 Å². The van der Waals surface area contributed by atoms with E-state index in [0.29, 0.717) is 12.8 Å². The number of halogens is 1. The summed E-state index contributed by atoms with van der Waals surface area (Å²) >= 11 is 6.48. The molecule has 2 aliphatic rings. The zero-order chi connectivity index (χ0) is 13.9. The maximum absolute atomic E-state index is 6.48. The van der Waals surface area contributed by atoms with Crippen molar-refractivity contribution in [2.24, 2.45) is 0 Å². The standard InChI is InChI=1S/C15H21ClN2O2/c1-2-3-13(18-6-4-17-5-7-18)11-8-14-15(9-12(11)16)20-10-19-14/h8-9,13,17H,2-7,10H2,1H3/t13-/m0/s1. The van der Waals surface area contributed by atoms with E-state index in [1.165, 1.54) is 5.56 Å². The molecule has 0 radical (unpaired) electrons. The molecule has 2 heterocycles. The Kier molecular flexibility index (Phi) is 4.34. The number of nitrogens with zero attached hydrogens (tertiary/aromatic N) is 1. The molecule has 1 aromatic carbocycles. The van der Waals surface area contributed by atoms with E-state index in [1.54, 1.807) is 0 Å². The van der Waals surface area contributed by atoms with Gasteiger partial charge in [0.2, 0.25) is 6.79 Å². The first kappa shape index (κ1) is 14.0. The summed E-state index contributed by atoms with van der Waals surface area (Å²) < 4.78 is 10.9. The smallest absolute Gasteiger partial charge is 0.231 e. The second-order valence-electron chi connectivity index (χ2n) is 5.32. The van der Waals surface area contributed by atoms with Crippen LogP contribution < -0.4 is 14.8 Å². The minimum absolute atomic E-state index is 0.293. The van der Waals surface area contributed by atoms with E-state index in [0.717, 1.165) is 55.5 Å². The molecule has 5 heteroatoms. The van der Waals surface area contributed by atoms with Crippen LogP contribution in [-0.4, -0.2) is 37.9 Å². The summed E-state index contributed by atoms with van der Waals surface area (Å²) in [6.45, 7) is 6.73. The first-order chi connectivity index (χ1) is 9.79. The van der Waals surface area contributed by atoms with Crippen LogP contribution in [0.15, 0.2) is 12.1 Å². The number of ether oxygens (including phenoxy) is 2. The van der Waals surface area contributed by atoms with Gasteiger partial charge in [0.05, 0.1) is 0 Å². The van der Waals surface area contributed by atoms with E-state index < -0.39 is 0 Å². The fraction of sp³-hybridized carbons (Fsp3) is 0.600. The first-order valence-electron chi connectivity index (χ1n) is 7.33. The van der Waals surface area contributed by atoms with Gasteiger partial charge in [-0.25, -0.2) is 0 Å². The lowest BCUT2D eigenvalue weighted by molar-refractivity contribution is 0.163. The van der Waals surface area contributed by atoms with Crippen molar-refractivity contribution < 1.29 is 9.47 Å². The summed E-state index contributed by atoms with van der Waals surface area (Å²) in [7, 11) is 0. The lowest BCUT2D eigenvalue weighted by Gasteiger charge is -2.35. The number of hydrogen-bond acceptors (Lipinski definition) is 4. The maximum atomic E-state index is 6.48. The molecule has 1 aromatic rings. The minimum Gasteiger partial charge on any atom is -0.454 e. The van der Waals surface area contributed by atoms with Gasteiger partial charge in [-0.2, -0.15) is 0 Å². The molecule has 4 nitrogen and oxygen atoms in total. The first-order valence-corrected chi connectivity index (χ1v) is 7.71. The molecular weight excluding hydrogens is 276 g/mol. The van der Waals surface area contributed by atoms with Crippen LogP contribution in [0.3, 0.4) is 0 Å².